The second-order valence-corrected chi connectivity index (χ2v) is 14.9. The smallest absolute Gasteiger partial charge is 0.344 e. The van der Waals surface area contributed by atoms with Crippen molar-refractivity contribution < 1.29 is 8.83 Å². The third kappa shape index (κ3) is 4.75. The van der Waals surface area contributed by atoms with Crippen LogP contribution in [0, 0.1) is 0 Å². The van der Waals surface area contributed by atoms with Gasteiger partial charge in [0.1, 0.15) is 11.2 Å². The maximum absolute atomic E-state index is 13.7. The normalized spacial score (nSPS) is 16.4. The molecule has 0 radical (unpaired) electrons. The minimum Gasteiger partial charge on any atom is -0.422 e. The van der Waals surface area contributed by atoms with E-state index in [2.05, 4.69) is 63.5 Å². The molecule has 4 aromatic carbocycles. The summed E-state index contributed by atoms with van der Waals surface area (Å²) in [6, 6.07) is 24.2. The fourth-order valence-electron chi connectivity index (χ4n) is 8.02. The molecule has 0 saturated carbocycles. The van der Waals surface area contributed by atoms with Gasteiger partial charge in [0.25, 0.3) is 0 Å². The van der Waals surface area contributed by atoms with Crippen LogP contribution < -0.4 is 21.1 Å². The van der Waals surface area contributed by atoms with Crippen molar-refractivity contribution in [3.05, 3.63) is 105 Å². The first-order valence-electron chi connectivity index (χ1n) is 17.3. The highest BCUT2D eigenvalue weighted by atomic mass is 16.4. The molecule has 0 fully saturated rings. The topological polar surface area (TPSA) is 66.9 Å². The lowest BCUT2D eigenvalue weighted by molar-refractivity contribution is 0.398. The Kier molecular flexibility index (Phi) is 6.89. The molecular formula is C42H42N2O4. The molecule has 6 aromatic rings. The molecule has 0 bridgehead atoms. The predicted molar refractivity (Wildman–Crippen MR) is 198 cm³/mol. The molecule has 244 valence electrons. The zero-order valence-electron chi connectivity index (χ0n) is 28.7. The Morgan fingerprint density at radius 2 is 1.25 bits per heavy atom. The Hall–Kier alpha value is -4.84. The Morgan fingerprint density at radius 1 is 0.667 bits per heavy atom. The van der Waals surface area contributed by atoms with Crippen molar-refractivity contribution in [1.29, 1.82) is 0 Å². The number of anilines is 2. The molecule has 2 aliphatic rings. The van der Waals surface area contributed by atoms with E-state index in [0.717, 1.165) is 83.0 Å². The first kappa shape index (κ1) is 30.5. The molecule has 48 heavy (non-hydrogen) atoms. The summed E-state index contributed by atoms with van der Waals surface area (Å²) in [6.07, 6.45) is 2.12. The number of benzene rings is 4. The van der Waals surface area contributed by atoms with Crippen molar-refractivity contribution in [2.75, 3.05) is 36.0 Å². The Bertz CT molecular complexity index is 2390. The van der Waals surface area contributed by atoms with Crippen LogP contribution in [0.3, 0.4) is 0 Å². The van der Waals surface area contributed by atoms with Crippen LogP contribution in [0.15, 0.2) is 91.2 Å². The number of hydrogen-bond acceptors (Lipinski definition) is 6. The van der Waals surface area contributed by atoms with Crippen LogP contribution in [0.2, 0.25) is 0 Å². The maximum atomic E-state index is 13.7. The van der Waals surface area contributed by atoms with Gasteiger partial charge in [0.2, 0.25) is 0 Å². The predicted octanol–water partition coefficient (Wildman–Crippen LogP) is 9.40. The van der Waals surface area contributed by atoms with Crippen molar-refractivity contribution in [2.24, 2.45) is 0 Å². The van der Waals surface area contributed by atoms with Crippen molar-refractivity contribution in [3.8, 4) is 22.3 Å². The zero-order valence-corrected chi connectivity index (χ0v) is 28.7. The van der Waals surface area contributed by atoms with Crippen LogP contribution in [0.5, 0.6) is 0 Å². The molecule has 2 aliphatic heterocycles. The van der Waals surface area contributed by atoms with Crippen molar-refractivity contribution in [3.63, 3.8) is 0 Å². The van der Waals surface area contributed by atoms with E-state index >= 15 is 0 Å². The van der Waals surface area contributed by atoms with E-state index in [9.17, 15) is 9.59 Å². The van der Waals surface area contributed by atoms with Gasteiger partial charge in [0, 0.05) is 60.0 Å². The van der Waals surface area contributed by atoms with E-state index in [4.69, 9.17) is 8.83 Å². The quantitative estimate of drug-likeness (QED) is 0.175. The van der Waals surface area contributed by atoms with Gasteiger partial charge >= 0.3 is 11.3 Å². The molecule has 0 amide bonds. The molecule has 0 aliphatic carbocycles. The summed E-state index contributed by atoms with van der Waals surface area (Å²) < 4.78 is 12.1. The number of nitrogens with zero attached hydrogens (tertiary/aromatic N) is 2. The third-order valence-corrected chi connectivity index (χ3v) is 11.0. The van der Waals surface area contributed by atoms with Crippen LogP contribution in [-0.4, -0.2) is 26.2 Å². The molecule has 0 saturated heterocycles. The second-order valence-electron chi connectivity index (χ2n) is 14.9. The summed E-state index contributed by atoms with van der Waals surface area (Å²) in [5.74, 6) is 0. The first-order valence-corrected chi connectivity index (χ1v) is 17.3. The van der Waals surface area contributed by atoms with Crippen LogP contribution in [0.1, 0.15) is 65.5 Å². The zero-order chi connectivity index (χ0) is 33.5. The molecule has 6 nitrogen and oxygen atoms in total. The summed E-state index contributed by atoms with van der Waals surface area (Å²) in [5.41, 5.74) is 8.08. The molecule has 2 aromatic heterocycles. The summed E-state index contributed by atoms with van der Waals surface area (Å²) in [5, 5.41) is 3.81. The van der Waals surface area contributed by atoms with Crippen LogP contribution >= 0.6 is 0 Å². The summed E-state index contributed by atoms with van der Waals surface area (Å²) in [6.45, 7) is 17.3. The van der Waals surface area contributed by atoms with E-state index in [0.29, 0.717) is 16.7 Å². The van der Waals surface area contributed by atoms with Gasteiger partial charge in [-0.05, 0) is 107 Å². The van der Waals surface area contributed by atoms with E-state index in [1.54, 1.807) is 0 Å². The largest absolute Gasteiger partial charge is 0.422 e. The second kappa shape index (κ2) is 10.8. The summed E-state index contributed by atoms with van der Waals surface area (Å²) in [7, 11) is 0. The Morgan fingerprint density at radius 3 is 1.90 bits per heavy atom. The molecule has 8 rings (SSSR count). The SMILES string of the molecule is CCN(CC)c1ccc2cc(-c3ccc4cc(-c5cc6cc7c8c(c6oc5=O)C(C)(C)CCN8CCC7(C)C)ccc4c3)c(=O)oc2c1. The van der Waals surface area contributed by atoms with Crippen LogP contribution in [-0.2, 0) is 10.8 Å². The summed E-state index contributed by atoms with van der Waals surface area (Å²) >= 11 is 0. The number of fused-ring (bicyclic) bond motifs is 4. The van der Waals surface area contributed by atoms with Gasteiger partial charge in [-0.15, -0.1) is 0 Å². The first-order chi connectivity index (χ1) is 23.0. The molecule has 0 atom stereocenters. The van der Waals surface area contributed by atoms with E-state index in [1.165, 1.54) is 16.8 Å². The van der Waals surface area contributed by atoms with Crippen molar-refractivity contribution in [1.82, 2.24) is 0 Å². The highest BCUT2D eigenvalue weighted by molar-refractivity contribution is 5.95. The molecular weight excluding hydrogens is 596 g/mol. The van der Waals surface area contributed by atoms with Gasteiger partial charge in [-0.25, -0.2) is 9.59 Å². The Labute approximate surface area is 280 Å². The highest BCUT2D eigenvalue weighted by Crippen LogP contribution is 2.51. The lowest BCUT2D eigenvalue weighted by Gasteiger charge is -2.48. The summed E-state index contributed by atoms with van der Waals surface area (Å²) in [4.78, 5) is 31.6. The average Bonchev–Trinajstić information content (AvgIpc) is 3.06. The number of rotatable bonds is 5. The minimum atomic E-state index is -0.361. The van der Waals surface area contributed by atoms with Gasteiger partial charge in [-0.3, -0.25) is 0 Å². The van der Waals surface area contributed by atoms with Crippen LogP contribution in [0.4, 0.5) is 11.4 Å². The lowest BCUT2D eigenvalue weighted by atomic mass is 9.69. The monoisotopic (exact) mass is 638 g/mol. The lowest BCUT2D eigenvalue weighted by Crippen LogP contribution is -2.44. The number of hydrogen-bond donors (Lipinski definition) is 0. The molecule has 0 N–H and O–H groups in total. The molecule has 0 unspecified atom stereocenters. The molecule has 0 spiro atoms. The third-order valence-electron chi connectivity index (χ3n) is 11.0. The van der Waals surface area contributed by atoms with Crippen LogP contribution in [0.25, 0.3) is 55.0 Å². The van der Waals surface area contributed by atoms with E-state index < -0.39 is 0 Å². The van der Waals surface area contributed by atoms with Gasteiger partial charge in [-0.2, -0.15) is 0 Å². The average molecular weight is 639 g/mol. The van der Waals surface area contributed by atoms with Gasteiger partial charge in [-0.1, -0.05) is 52.0 Å². The van der Waals surface area contributed by atoms with Gasteiger partial charge < -0.3 is 18.6 Å². The Balaban J connectivity index is 1.20. The standard InChI is InChI=1S/C42H42N2O4/c1-7-43(8-2)31-14-13-29-21-32(39(45)47-35(29)24-31)27-11-9-26-20-28(12-10-25(26)19-27)33-22-30-23-34-37-36(38(30)48-40(33)46)42(5,6)16-18-44(37)17-15-41(34,3)4/h9-14,19-24H,7-8,15-18H2,1-6H3. The van der Waals surface area contributed by atoms with E-state index in [1.807, 2.05) is 60.7 Å². The minimum absolute atomic E-state index is 0.0374. The van der Waals surface area contributed by atoms with Gasteiger partial charge in [0.05, 0.1) is 11.1 Å². The highest BCUT2D eigenvalue weighted by Gasteiger charge is 2.42. The van der Waals surface area contributed by atoms with Gasteiger partial charge in [0.15, 0.2) is 0 Å². The van der Waals surface area contributed by atoms with Crippen molar-refractivity contribution in [2.45, 2.75) is 65.2 Å². The molecule has 4 heterocycles. The maximum Gasteiger partial charge on any atom is 0.344 e. The van der Waals surface area contributed by atoms with E-state index in [-0.39, 0.29) is 22.1 Å². The fraction of sp³-hybridized carbons (Fsp3) is 0.333. The fourth-order valence-corrected chi connectivity index (χ4v) is 8.02. The molecule has 6 heteroatoms. The van der Waals surface area contributed by atoms with Crippen molar-refractivity contribution >= 4 is 44.1 Å².